The number of thiazole rings is 1. The van der Waals surface area contributed by atoms with Crippen molar-refractivity contribution in [3.8, 4) is 0 Å². The van der Waals surface area contributed by atoms with Gasteiger partial charge >= 0.3 is 0 Å². The first kappa shape index (κ1) is 24.8. The number of rotatable bonds is 9. The Morgan fingerprint density at radius 3 is 1.87 bits per heavy atom. The summed E-state index contributed by atoms with van der Waals surface area (Å²) in [6.45, 7) is 0. The molecule has 5 aromatic rings. The van der Waals surface area contributed by atoms with Crippen LogP contribution in [0.3, 0.4) is 0 Å². The van der Waals surface area contributed by atoms with Crippen molar-refractivity contribution in [1.29, 1.82) is 0 Å². The molecule has 10 heteroatoms. The molecule has 2 aromatic heterocycles. The first-order valence-corrected chi connectivity index (χ1v) is 12.7. The molecule has 0 aliphatic carbocycles. The Morgan fingerprint density at radius 1 is 0.895 bits per heavy atom. The van der Waals surface area contributed by atoms with Gasteiger partial charge in [-0.1, -0.05) is 96.2 Å². The molecule has 3 aromatic carbocycles. The molecule has 5 rings (SSSR count). The lowest BCUT2D eigenvalue weighted by Gasteiger charge is -2.36. The summed E-state index contributed by atoms with van der Waals surface area (Å²) in [5, 5.41) is 18.9. The Morgan fingerprint density at radius 2 is 1.39 bits per heavy atom. The number of nitrogens with one attached hydrogen (secondary N) is 1. The number of hydrogen-bond donors (Lipinski definition) is 1. The highest BCUT2D eigenvalue weighted by molar-refractivity contribution is 7.14. The molecule has 190 valence electrons. The average molecular weight is 524 g/mol. The molecular formula is C28H25N7O2S. The van der Waals surface area contributed by atoms with Crippen LogP contribution in [0.25, 0.3) is 0 Å². The maximum atomic E-state index is 13.3. The molecule has 0 aliphatic heterocycles. The fourth-order valence-corrected chi connectivity index (χ4v) is 5.03. The number of carbonyl (C=O) groups excluding carboxylic acids is 1. The second-order valence-corrected chi connectivity index (χ2v) is 9.16. The molecule has 0 bridgehead atoms. The predicted octanol–water partition coefficient (Wildman–Crippen LogP) is 4.28. The van der Waals surface area contributed by atoms with E-state index >= 15 is 0 Å². The number of carbonyl (C=O) groups is 1. The van der Waals surface area contributed by atoms with Crippen molar-refractivity contribution >= 4 is 28.1 Å². The van der Waals surface area contributed by atoms with Gasteiger partial charge in [0.15, 0.2) is 10.8 Å². The molecule has 1 amide bonds. The minimum Gasteiger partial charge on any atom is -0.398 e. The van der Waals surface area contributed by atoms with Crippen LogP contribution in [-0.4, -0.2) is 45.6 Å². The van der Waals surface area contributed by atoms with Crippen molar-refractivity contribution in [2.24, 2.45) is 5.16 Å². The summed E-state index contributed by atoms with van der Waals surface area (Å²) in [6, 6.07) is 30.7. The standard InChI is InChI=1S/C28H25N7O2S/c1-34(35-19-29-30-20-35)26(36)25(33-37-2)24-18-38-27(31-24)32-28(21-12-6-3-7-13-21,22-14-8-4-9-15-22)23-16-10-5-11-17-23/h3-20H,1-2H3,(H,31,32)/b33-25+. The second-order valence-electron chi connectivity index (χ2n) is 8.30. The van der Waals surface area contributed by atoms with E-state index in [9.17, 15) is 4.79 Å². The molecule has 0 saturated carbocycles. The van der Waals surface area contributed by atoms with E-state index in [1.54, 1.807) is 12.4 Å². The summed E-state index contributed by atoms with van der Waals surface area (Å²) in [7, 11) is 2.98. The van der Waals surface area contributed by atoms with Gasteiger partial charge in [-0.25, -0.2) is 14.7 Å². The molecule has 38 heavy (non-hydrogen) atoms. The zero-order valence-electron chi connectivity index (χ0n) is 20.8. The van der Waals surface area contributed by atoms with Gasteiger partial charge < -0.3 is 10.2 Å². The minimum absolute atomic E-state index is 0.0535. The fraction of sp³-hybridized carbons (Fsp3) is 0.107. The van der Waals surface area contributed by atoms with Crippen LogP contribution in [0.4, 0.5) is 5.13 Å². The zero-order valence-corrected chi connectivity index (χ0v) is 21.6. The highest BCUT2D eigenvalue weighted by atomic mass is 32.1. The first-order valence-electron chi connectivity index (χ1n) is 11.8. The molecule has 9 nitrogen and oxygen atoms in total. The van der Waals surface area contributed by atoms with Gasteiger partial charge in [0.2, 0.25) is 0 Å². The third-order valence-corrected chi connectivity index (χ3v) is 6.85. The van der Waals surface area contributed by atoms with Gasteiger partial charge in [-0.15, -0.1) is 21.5 Å². The predicted molar refractivity (Wildman–Crippen MR) is 148 cm³/mol. The lowest BCUT2D eigenvalue weighted by Crippen LogP contribution is -2.41. The van der Waals surface area contributed by atoms with Crippen molar-refractivity contribution in [3.63, 3.8) is 0 Å². The fourth-order valence-electron chi connectivity index (χ4n) is 4.28. The maximum absolute atomic E-state index is 13.3. The van der Waals surface area contributed by atoms with E-state index in [4.69, 9.17) is 9.82 Å². The quantitative estimate of drug-likeness (QED) is 0.176. The monoisotopic (exact) mass is 523 g/mol. The van der Waals surface area contributed by atoms with E-state index < -0.39 is 11.4 Å². The molecule has 2 heterocycles. The van der Waals surface area contributed by atoms with Crippen LogP contribution >= 0.6 is 11.3 Å². The summed E-state index contributed by atoms with van der Waals surface area (Å²) in [5.41, 5.74) is 2.82. The summed E-state index contributed by atoms with van der Waals surface area (Å²) >= 11 is 1.38. The van der Waals surface area contributed by atoms with E-state index in [2.05, 4.69) is 57.1 Å². The number of likely N-dealkylation sites (N-methyl/N-ethyl adjacent to an activating group) is 1. The molecule has 0 aliphatic rings. The highest BCUT2D eigenvalue weighted by Gasteiger charge is 2.37. The molecule has 1 N–H and O–H groups in total. The van der Waals surface area contributed by atoms with Crippen LogP contribution in [0.15, 0.2) is 114 Å². The number of hydrogen-bond acceptors (Lipinski definition) is 8. The van der Waals surface area contributed by atoms with Gasteiger partial charge in [0, 0.05) is 12.4 Å². The molecule has 0 fully saturated rings. The largest absolute Gasteiger partial charge is 0.398 e. The third kappa shape index (κ3) is 4.76. The van der Waals surface area contributed by atoms with E-state index in [1.807, 2.05) is 54.6 Å². The van der Waals surface area contributed by atoms with Crippen molar-refractivity contribution in [2.75, 3.05) is 24.5 Å². The lowest BCUT2D eigenvalue weighted by molar-refractivity contribution is -0.113. The summed E-state index contributed by atoms with van der Waals surface area (Å²) in [5.74, 6) is -0.427. The van der Waals surface area contributed by atoms with E-state index in [1.165, 1.54) is 40.8 Å². The van der Waals surface area contributed by atoms with E-state index in [-0.39, 0.29) is 5.71 Å². The Labute approximate surface area is 224 Å². The molecule has 0 radical (unpaired) electrons. The van der Waals surface area contributed by atoms with Crippen LogP contribution in [-0.2, 0) is 15.2 Å². The highest BCUT2D eigenvalue weighted by Crippen LogP contribution is 2.40. The zero-order chi connectivity index (χ0) is 26.4. The smallest absolute Gasteiger partial charge is 0.296 e. The Kier molecular flexibility index (Phi) is 7.23. The van der Waals surface area contributed by atoms with Gasteiger partial charge in [-0.05, 0) is 16.7 Å². The van der Waals surface area contributed by atoms with Gasteiger partial charge in [0.05, 0.1) is 0 Å². The number of nitrogens with zero attached hydrogens (tertiary/aromatic N) is 6. The third-order valence-electron chi connectivity index (χ3n) is 6.09. The summed E-state index contributed by atoms with van der Waals surface area (Å²) in [4.78, 5) is 23.1. The van der Waals surface area contributed by atoms with Crippen molar-refractivity contribution in [3.05, 3.63) is 131 Å². The second kappa shape index (κ2) is 11.1. The van der Waals surface area contributed by atoms with Crippen LogP contribution in [0.2, 0.25) is 0 Å². The summed E-state index contributed by atoms with van der Waals surface area (Å²) in [6.07, 6.45) is 2.84. The topological polar surface area (TPSA) is 97.5 Å². The van der Waals surface area contributed by atoms with Crippen molar-refractivity contribution in [1.82, 2.24) is 19.9 Å². The minimum atomic E-state index is -0.749. The molecule has 0 saturated heterocycles. The van der Waals surface area contributed by atoms with Gasteiger partial charge in [-0.3, -0.25) is 4.79 Å². The van der Waals surface area contributed by atoms with Crippen molar-refractivity contribution < 1.29 is 9.63 Å². The SMILES string of the molecule is CO/N=C(/C(=O)N(C)n1cnnc1)c1csc(NC(c2ccccc2)(c2ccccc2)c2ccccc2)n1. The molecule has 0 atom stereocenters. The molecule has 0 unspecified atom stereocenters. The number of anilines is 1. The number of amides is 1. The number of oxime groups is 1. The van der Waals surface area contributed by atoms with Crippen molar-refractivity contribution in [2.45, 2.75) is 5.54 Å². The van der Waals surface area contributed by atoms with E-state index in [0.29, 0.717) is 10.8 Å². The molecule has 0 spiro atoms. The Hall–Kier alpha value is -4.83. The van der Waals surface area contributed by atoms with Gasteiger partial charge in [-0.2, -0.15) is 0 Å². The normalized spacial score (nSPS) is 11.7. The van der Waals surface area contributed by atoms with E-state index in [0.717, 1.165) is 16.7 Å². The van der Waals surface area contributed by atoms with Crippen LogP contribution in [0, 0.1) is 0 Å². The van der Waals surface area contributed by atoms with Crippen LogP contribution in [0.5, 0.6) is 0 Å². The average Bonchev–Trinajstić information content (AvgIpc) is 3.68. The Balaban J connectivity index is 1.59. The Bertz CT molecular complexity index is 1410. The molecular weight excluding hydrogens is 498 g/mol. The van der Waals surface area contributed by atoms with Gasteiger partial charge in [0.1, 0.15) is 31.0 Å². The van der Waals surface area contributed by atoms with Gasteiger partial charge in [0.25, 0.3) is 5.91 Å². The lowest BCUT2D eigenvalue weighted by atomic mass is 9.77. The maximum Gasteiger partial charge on any atom is 0.296 e. The van der Waals surface area contributed by atoms with Crippen LogP contribution in [0.1, 0.15) is 22.4 Å². The summed E-state index contributed by atoms with van der Waals surface area (Å²) < 4.78 is 1.45. The number of benzene rings is 3. The number of aromatic nitrogens is 4. The first-order chi connectivity index (χ1) is 18.6. The van der Waals surface area contributed by atoms with Crippen LogP contribution < -0.4 is 10.3 Å².